The molecule has 0 spiro atoms. The maximum atomic E-state index is 10.5. The van der Waals surface area contributed by atoms with Crippen molar-refractivity contribution in [1.82, 2.24) is 9.38 Å². The minimum atomic E-state index is -1.36. The number of carboxylic acid groups (broad SMARTS) is 1. The van der Waals surface area contributed by atoms with E-state index in [1.807, 2.05) is 17.4 Å². The molecule has 2 aromatic rings. The number of aliphatic hydroxyl groups is 1. The largest absolute Gasteiger partial charge is 0.479 e. The fraction of sp³-hybridized carbons (Fsp3) is 0.273. The van der Waals surface area contributed by atoms with Crippen LogP contribution in [0.15, 0.2) is 24.8 Å². The van der Waals surface area contributed by atoms with Crippen LogP contribution >= 0.6 is 0 Å². The number of imidazole rings is 1. The molecule has 0 aliphatic carbocycles. The molecule has 0 fully saturated rings. The lowest BCUT2D eigenvalue weighted by molar-refractivity contribution is -0.146. The summed E-state index contributed by atoms with van der Waals surface area (Å²) in [4.78, 5) is 14.5. The molecule has 2 rings (SSSR count). The van der Waals surface area contributed by atoms with Crippen molar-refractivity contribution in [1.29, 1.82) is 0 Å². The normalized spacial score (nSPS) is 12.9. The van der Waals surface area contributed by atoms with Gasteiger partial charge in [-0.05, 0) is 18.1 Å². The second kappa shape index (κ2) is 3.94. The molecule has 0 aliphatic heterocycles. The van der Waals surface area contributed by atoms with Gasteiger partial charge in [-0.15, -0.1) is 0 Å². The quantitative estimate of drug-likeness (QED) is 0.795. The number of carbonyl (C=O) groups is 1. The van der Waals surface area contributed by atoms with Crippen molar-refractivity contribution in [3.8, 4) is 0 Å². The van der Waals surface area contributed by atoms with Crippen molar-refractivity contribution in [2.45, 2.75) is 19.4 Å². The summed E-state index contributed by atoms with van der Waals surface area (Å²) >= 11 is 0. The highest BCUT2D eigenvalue weighted by molar-refractivity contribution is 5.72. The van der Waals surface area contributed by atoms with Crippen LogP contribution in [0.3, 0.4) is 0 Å². The second-order valence-electron chi connectivity index (χ2n) is 3.78. The molecule has 5 heteroatoms. The Balaban J connectivity index is 2.35. The molecule has 16 heavy (non-hydrogen) atoms. The first-order valence-corrected chi connectivity index (χ1v) is 4.90. The number of hydrogen-bond acceptors (Lipinski definition) is 3. The van der Waals surface area contributed by atoms with E-state index < -0.39 is 12.1 Å². The van der Waals surface area contributed by atoms with Crippen molar-refractivity contribution in [3.63, 3.8) is 0 Å². The van der Waals surface area contributed by atoms with Crippen LogP contribution in [0, 0.1) is 6.92 Å². The molecule has 2 N–H and O–H groups in total. The summed E-state index contributed by atoms with van der Waals surface area (Å²) in [6.07, 6.45) is 3.91. The zero-order valence-corrected chi connectivity index (χ0v) is 8.79. The maximum Gasteiger partial charge on any atom is 0.332 e. The molecule has 0 amide bonds. The zero-order valence-electron chi connectivity index (χ0n) is 8.79. The highest BCUT2D eigenvalue weighted by Crippen LogP contribution is 2.13. The van der Waals surface area contributed by atoms with Crippen LogP contribution in [-0.4, -0.2) is 31.7 Å². The summed E-state index contributed by atoms with van der Waals surface area (Å²) in [7, 11) is 0. The van der Waals surface area contributed by atoms with Gasteiger partial charge in [0.2, 0.25) is 0 Å². The summed E-state index contributed by atoms with van der Waals surface area (Å²) in [5, 5.41) is 17.9. The van der Waals surface area contributed by atoms with Crippen LogP contribution in [0.2, 0.25) is 0 Å². The molecular weight excluding hydrogens is 208 g/mol. The van der Waals surface area contributed by atoms with Crippen LogP contribution in [-0.2, 0) is 11.2 Å². The Labute approximate surface area is 92.0 Å². The molecule has 0 bridgehead atoms. The van der Waals surface area contributed by atoms with Crippen molar-refractivity contribution >= 4 is 11.5 Å². The number of rotatable bonds is 3. The number of aliphatic carboxylic acids is 1. The van der Waals surface area contributed by atoms with Crippen LogP contribution in [0.5, 0.6) is 0 Å². The number of aryl methyl sites for hydroxylation is 1. The molecular formula is C11H12N2O3. The predicted octanol–water partition coefficient (Wildman–Crippen LogP) is 0.631. The Morgan fingerprint density at radius 2 is 2.38 bits per heavy atom. The molecule has 0 aromatic carbocycles. The average molecular weight is 220 g/mol. The highest BCUT2D eigenvalue weighted by atomic mass is 16.4. The first-order valence-electron chi connectivity index (χ1n) is 4.90. The molecule has 1 atom stereocenters. The fourth-order valence-electron chi connectivity index (χ4n) is 1.70. The molecule has 0 saturated carbocycles. The number of carboxylic acids is 1. The van der Waals surface area contributed by atoms with Crippen LogP contribution in [0.4, 0.5) is 0 Å². The Kier molecular flexibility index (Phi) is 2.62. The molecule has 1 unspecified atom stereocenters. The van der Waals surface area contributed by atoms with Gasteiger partial charge in [0.25, 0.3) is 0 Å². The van der Waals surface area contributed by atoms with Gasteiger partial charge in [0, 0.05) is 12.6 Å². The minimum Gasteiger partial charge on any atom is -0.479 e. The molecule has 0 saturated heterocycles. The van der Waals surface area contributed by atoms with Gasteiger partial charge in [-0.1, -0.05) is 6.07 Å². The zero-order chi connectivity index (χ0) is 11.7. The van der Waals surface area contributed by atoms with Crippen molar-refractivity contribution in [2.75, 3.05) is 0 Å². The Morgan fingerprint density at radius 1 is 1.62 bits per heavy atom. The van der Waals surface area contributed by atoms with Gasteiger partial charge in [-0.25, -0.2) is 9.78 Å². The van der Waals surface area contributed by atoms with E-state index in [4.69, 9.17) is 5.11 Å². The SMILES string of the molecule is Cc1cc(CC(O)C(=O)O)cn2cncc12. The van der Waals surface area contributed by atoms with E-state index in [1.54, 1.807) is 18.7 Å². The summed E-state index contributed by atoms with van der Waals surface area (Å²) in [6.45, 7) is 1.92. The number of aromatic nitrogens is 2. The summed E-state index contributed by atoms with van der Waals surface area (Å²) in [5.41, 5.74) is 2.76. The van der Waals surface area contributed by atoms with Gasteiger partial charge in [0.05, 0.1) is 18.0 Å². The van der Waals surface area contributed by atoms with Crippen molar-refractivity contribution in [3.05, 3.63) is 35.9 Å². The maximum absolute atomic E-state index is 10.5. The smallest absolute Gasteiger partial charge is 0.332 e. The van der Waals surface area contributed by atoms with Gasteiger partial charge in [0.1, 0.15) is 0 Å². The van der Waals surface area contributed by atoms with E-state index in [2.05, 4.69) is 4.98 Å². The monoisotopic (exact) mass is 220 g/mol. The van der Waals surface area contributed by atoms with Gasteiger partial charge in [-0.2, -0.15) is 0 Å². The molecule has 5 nitrogen and oxygen atoms in total. The number of fused-ring (bicyclic) bond motifs is 1. The topological polar surface area (TPSA) is 74.8 Å². The third-order valence-electron chi connectivity index (χ3n) is 2.49. The van der Waals surface area contributed by atoms with E-state index in [0.717, 1.165) is 16.6 Å². The Hall–Kier alpha value is -1.88. The van der Waals surface area contributed by atoms with Gasteiger partial charge < -0.3 is 14.6 Å². The Bertz CT molecular complexity index is 533. The van der Waals surface area contributed by atoms with Gasteiger partial charge in [-0.3, -0.25) is 0 Å². The predicted molar refractivity (Wildman–Crippen MR) is 57.3 cm³/mol. The van der Waals surface area contributed by atoms with E-state index >= 15 is 0 Å². The van der Waals surface area contributed by atoms with Gasteiger partial charge >= 0.3 is 5.97 Å². The molecule has 0 aliphatic rings. The van der Waals surface area contributed by atoms with Crippen molar-refractivity contribution < 1.29 is 15.0 Å². The number of nitrogens with zero attached hydrogens (tertiary/aromatic N) is 2. The van der Waals surface area contributed by atoms with Crippen LogP contribution in [0.1, 0.15) is 11.1 Å². The number of pyridine rings is 1. The lowest BCUT2D eigenvalue weighted by atomic mass is 10.1. The number of aliphatic hydroxyl groups excluding tert-OH is 1. The van der Waals surface area contributed by atoms with E-state index in [1.165, 1.54) is 0 Å². The van der Waals surface area contributed by atoms with E-state index in [0.29, 0.717) is 0 Å². The summed E-state index contributed by atoms with van der Waals surface area (Å²) in [5.74, 6) is -1.21. The van der Waals surface area contributed by atoms with Crippen LogP contribution < -0.4 is 0 Å². The Morgan fingerprint density at radius 3 is 3.06 bits per heavy atom. The van der Waals surface area contributed by atoms with E-state index in [-0.39, 0.29) is 6.42 Å². The molecule has 2 heterocycles. The highest BCUT2D eigenvalue weighted by Gasteiger charge is 2.14. The third kappa shape index (κ3) is 1.90. The lowest BCUT2D eigenvalue weighted by Crippen LogP contribution is -2.22. The summed E-state index contributed by atoms with van der Waals surface area (Å²) in [6, 6.07) is 1.86. The fourth-order valence-corrected chi connectivity index (χ4v) is 1.70. The molecule has 84 valence electrons. The third-order valence-corrected chi connectivity index (χ3v) is 2.49. The first-order chi connectivity index (χ1) is 7.58. The first kappa shape index (κ1) is 10.6. The molecule has 2 aromatic heterocycles. The van der Waals surface area contributed by atoms with Crippen molar-refractivity contribution in [2.24, 2.45) is 0 Å². The number of hydrogen-bond donors (Lipinski definition) is 2. The van der Waals surface area contributed by atoms with Gasteiger partial charge in [0.15, 0.2) is 6.10 Å². The lowest BCUT2D eigenvalue weighted by Gasteiger charge is -2.07. The standard InChI is InChI=1S/C11H12N2O3/c1-7-2-8(3-10(14)11(15)16)5-13-6-12-4-9(7)13/h2,4-6,10,14H,3H2,1H3,(H,15,16). The minimum absolute atomic E-state index is 0.101. The molecule has 0 radical (unpaired) electrons. The van der Waals surface area contributed by atoms with E-state index in [9.17, 15) is 9.90 Å². The summed E-state index contributed by atoms with van der Waals surface area (Å²) < 4.78 is 1.82. The second-order valence-corrected chi connectivity index (χ2v) is 3.78. The average Bonchev–Trinajstić information content (AvgIpc) is 2.65. The van der Waals surface area contributed by atoms with Crippen LogP contribution in [0.25, 0.3) is 5.52 Å².